The number of carbonyl (C=O) groups excluding carboxylic acids is 1. The van der Waals surface area contributed by atoms with E-state index < -0.39 is 11.2 Å². The maximum absolute atomic E-state index is 12.6. The minimum atomic E-state index is -0.829. The molecular formula is C28H38IO5-. The number of hydrogen-bond acceptors (Lipinski definition) is 5. The molecule has 0 spiro atoms. The normalized spacial score (nSPS) is 12.2. The van der Waals surface area contributed by atoms with Gasteiger partial charge in [0.2, 0.25) is 0 Å². The number of alkyl halides is 2. The molecule has 0 aromatic heterocycles. The predicted octanol–water partition coefficient (Wildman–Crippen LogP) is 2.42. The van der Waals surface area contributed by atoms with Gasteiger partial charge in [0, 0.05) is 0 Å². The molecule has 2 aromatic rings. The van der Waals surface area contributed by atoms with Crippen LogP contribution in [0.2, 0.25) is 0 Å². The minimum Gasteiger partial charge on any atom is -0.0622 e. The first-order valence-corrected chi connectivity index (χ1v) is 14.6. The summed E-state index contributed by atoms with van der Waals surface area (Å²) in [6.45, 7) is 10.0. The zero-order chi connectivity index (χ0) is 25.2. The molecule has 0 fully saturated rings. The van der Waals surface area contributed by atoms with Gasteiger partial charge in [-0.05, 0) is 13.8 Å². The molecule has 2 aromatic carbocycles. The molecule has 34 heavy (non-hydrogen) atoms. The Morgan fingerprint density at radius 1 is 1.09 bits per heavy atom. The third-order valence-corrected chi connectivity index (χ3v) is 8.52. The summed E-state index contributed by atoms with van der Waals surface area (Å²) in [5.41, 5.74) is 1.37. The standard InChI is InChI=1S/C28H38IO5/c1-7-29-20-28(4,5)34-25(30)16-14-22-13-15-24(32-6)23(17-18-27(2,3)31)26(22)33-19-21-11-9-8-10-12-21/h8-16,31H,7,17-20H2,1-6H3/q-1/b16-14-. The molecule has 0 aliphatic carbocycles. The Morgan fingerprint density at radius 2 is 1.79 bits per heavy atom. The van der Waals surface area contributed by atoms with E-state index in [9.17, 15) is 9.90 Å². The number of benzene rings is 2. The number of rotatable bonds is 13. The van der Waals surface area contributed by atoms with Crippen molar-refractivity contribution in [3.8, 4) is 11.5 Å². The van der Waals surface area contributed by atoms with E-state index in [0.29, 0.717) is 30.9 Å². The topological polar surface area (TPSA) is 65.0 Å². The van der Waals surface area contributed by atoms with Crippen molar-refractivity contribution in [2.45, 2.75) is 65.3 Å². The van der Waals surface area contributed by atoms with E-state index in [2.05, 4.69) is 6.92 Å². The summed E-state index contributed by atoms with van der Waals surface area (Å²) in [5, 5.41) is 10.3. The van der Waals surface area contributed by atoms with Crippen LogP contribution >= 0.6 is 0 Å². The van der Waals surface area contributed by atoms with Gasteiger partial charge >= 0.3 is 178 Å². The minimum absolute atomic E-state index is 0.0386. The number of esters is 1. The summed E-state index contributed by atoms with van der Waals surface area (Å²) in [6, 6.07) is 13.7. The van der Waals surface area contributed by atoms with E-state index in [1.54, 1.807) is 27.0 Å². The SMILES string of the molecule is CC[I-]CC(C)(C)OC(=O)/C=C\c1ccc(OC)c(CCC(C)(C)O)c1OCc1ccccc1. The first kappa shape index (κ1) is 28.2. The van der Waals surface area contributed by atoms with Crippen LogP contribution in [0, 0.1) is 0 Å². The molecular weight excluding hydrogens is 543 g/mol. The zero-order valence-electron chi connectivity index (χ0n) is 21.2. The summed E-state index contributed by atoms with van der Waals surface area (Å²) in [6.07, 6.45) is 4.30. The van der Waals surface area contributed by atoms with Crippen molar-refractivity contribution in [2.24, 2.45) is 0 Å². The van der Waals surface area contributed by atoms with E-state index in [4.69, 9.17) is 14.2 Å². The van der Waals surface area contributed by atoms with Crippen LogP contribution in [-0.2, 0) is 22.6 Å². The van der Waals surface area contributed by atoms with Gasteiger partial charge in [0.25, 0.3) is 0 Å². The van der Waals surface area contributed by atoms with Gasteiger partial charge in [-0.25, -0.2) is 0 Å². The van der Waals surface area contributed by atoms with Gasteiger partial charge in [-0.1, -0.05) is 18.2 Å². The van der Waals surface area contributed by atoms with Crippen LogP contribution in [0.15, 0.2) is 48.5 Å². The summed E-state index contributed by atoms with van der Waals surface area (Å²) < 4.78 is 19.7. The quantitative estimate of drug-likeness (QED) is 0.171. The van der Waals surface area contributed by atoms with Crippen molar-refractivity contribution in [1.29, 1.82) is 0 Å². The third-order valence-electron chi connectivity index (χ3n) is 5.06. The van der Waals surface area contributed by atoms with Crippen molar-refractivity contribution in [3.63, 3.8) is 0 Å². The molecule has 0 heterocycles. The summed E-state index contributed by atoms with van der Waals surface area (Å²) >= 11 is 0.0386. The monoisotopic (exact) mass is 581 g/mol. The molecule has 0 radical (unpaired) electrons. The van der Waals surface area contributed by atoms with Gasteiger partial charge in [0.15, 0.2) is 0 Å². The van der Waals surface area contributed by atoms with E-state index >= 15 is 0 Å². The summed E-state index contributed by atoms with van der Waals surface area (Å²) in [7, 11) is 1.62. The van der Waals surface area contributed by atoms with Gasteiger partial charge in [0.1, 0.15) is 0 Å². The van der Waals surface area contributed by atoms with E-state index in [1.807, 2.05) is 56.3 Å². The summed E-state index contributed by atoms with van der Waals surface area (Å²) in [4.78, 5) is 12.6. The fraction of sp³-hybridized carbons (Fsp3) is 0.464. The van der Waals surface area contributed by atoms with Crippen LogP contribution in [0.4, 0.5) is 0 Å². The Bertz CT molecular complexity index is 945. The molecule has 0 atom stereocenters. The average Bonchev–Trinajstić information content (AvgIpc) is 2.78. The second-order valence-corrected chi connectivity index (χ2v) is 12.7. The number of carbonyl (C=O) groups is 1. The molecule has 0 aliphatic heterocycles. The second kappa shape index (κ2) is 13.1. The number of hydrogen-bond donors (Lipinski definition) is 1. The van der Waals surface area contributed by atoms with E-state index in [-0.39, 0.29) is 27.2 Å². The van der Waals surface area contributed by atoms with Gasteiger partial charge in [-0.15, -0.1) is 0 Å². The molecule has 188 valence electrons. The van der Waals surface area contributed by atoms with Crippen molar-refractivity contribution in [2.75, 3.05) is 16.0 Å². The second-order valence-electron chi connectivity index (χ2n) is 9.36. The Balaban J connectivity index is 2.34. The van der Waals surface area contributed by atoms with Gasteiger partial charge < -0.3 is 5.11 Å². The molecule has 1 N–H and O–H groups in total. The van der Waals surface area contributed by atoms with Crippen LogP contribution in [-0.4, -0.2) is 38.2 Å². The molecule has 2 rings (SSSR count). The number of ether oxygens (including phenoxy) is 3. The van der Waals surface area contributed by atoms with Crippen LogP contribution in [0.5, 0.6) is 11.5 Å². The number of halogens is 1. The third kappa shape index (κ3) is 9.66. The van der Waals surface area contributed by atoms with Crippen molar-refractivity contribution in [1.82, 2.24) is 0 Å². The molecule has 0 saturated heterocycles. The molecule has 0 bridgehead atoms. The van der Waals surface area contributed by atoms with E-state index in [0.717, 1.165) is 25.5 Å². The summed E-state index contributed by atoms with van der Waals surface area (Å²) in [5.74, 6) is 0.970. The van der Waals surface area contributed by atoms with Crippen LogP contribution < -0.4 is 30.7 Å². The van der Waals surface area contributed by atoms with Crippen molar-refractivity contribution < 1.29 is 45.3 Å². The smallest absolute Gasteiger partial charge is 0.0622 e. The Hall–Kier alpha value is -2.06. The Labute approximate surface area is 214 Å². The maximum atomic E-state index is 12.6. The van der Waals surface area contributed by atoms with Crippen LogP contribution in [0.25, 0.3) is 6.08 Å². The number of aliphatic hydroxyl groups is 1. The van der Waals surface area contributed by atoms with Crippen molar-refractivity contribution in [3.05, 3.63) is 65.2 Å². The molecule has 0 unspecified atom stereocenters. The van der Waals surface area contributed by atoms with Crippen LogP contribution in [0.3, 0.4) is 0 Å². The molecule has 0 saturated carbocycles. The fourth-order valence-electron chi connectivity index (χ4n) is 3.33. The average molecular weight is 582 g/mol. The van der Waals surface area contributed by atoms with Crippen molar-refractivity contribution >= 4 is 12.0 Å². The first-order valence-electron chi connectivity index (χ1n) is 11.6. The van der Waals surface area contributed by atoms with E-state index in [1.165, 1.54) is 6.08 Å². The van der Waals surface area contributed by atoms with Gasteiger partial charge in [-0.2, -0.15) is 0 Å². The zero-order valence-corrected chi connectivity index (χ0v) is 23.3. The number of methoxy groups -OCH3 is 1. The molecule has 5 nitrogen and oxygen atoms in total. The predicted molar refractivity (Wildman–Crippen MR) is 133 cm³/mol. The molecule has 0 aliphatic rings. The van der Waals surface area contributed by atoms with Crippen LogP contribution in [0.1, 0.15) is 57.7 Å². The first-order chi connectivity index (χ1) is 16.0. The van der Waals surface area contributed by atoms with Gasteiger partial charge in [-0.3, -0.25) is 0 Å². The molecule has 0 amide bonds. The Morgan fingerprint density at radius 3 is 2.41 bits per heavy atom. The Kier molecular flexibility index (Phi) is 10.9. The fourth-order valence-corrected chi connectivity index (χ4v) is 5.33. The molecule has 6 heteroatoms. The van der Waals surface area contributed by atoms with Gasteiger partial charge in [0.05, 0.1) is 0 Å².